The molecule has 0 aromatic heterocycles. The maximum Gasteiger partial charge on any atom is 0.333 e. The highest BCUT2D eigenvalue weighted by Gasteiger charge is 2.74. The largest absolute Gasteiger partial charge is 0.458 e. The first-order valence-corrected chi connectivity index (χ1v) is 23.7. The number of rotatable bonds is 11. The van der Waals surface area contributed by atoms with Crippen LogP contribution in [-0.4, -0.2) is 175 Å². The minimum atomic E-state index is -1.83. The summed E-state index contributed by atoms with van der Waals surface area (Å²) >= 11 is 0. The molecule has 0 aromatic rings. The molecule has 4 unspecified atom stereocenters. The molecular formula is C47H76O18. The number of allylic oxidation sites excluding steroid dienone is 1. The van der Waals surface area contributed by atoms with E-state index in [1.807, 2.05) is 6.92 Å². The maximum atomic E-state index is 13.1. The molecule has 0 aromatic carbocycles. The molecule has 0 amide bonds. The Kier molecular flexibility index (Phi) is 14.7. The molecule has 7 aliphatic rings. The molecule has 65 heavy (non-hydrogen) atoms. The first-order valence-electron chi connectivity index (χ1n) is 23.7. The van der Waals surface area contributed by atoms with E-state index >= 15 is 0 Å². The molecule has 5 saturated carbocycles. The van der Waals surface area contributed by atoms with Crippen molar-refractivity contribution in [2.75, 3.05) is 26.4 Å². The fraction of sp³-hybridized carbons (Fsp3) is 0.915. The van der Waals surface area contributed by atoms with Gasteiger partial charge in [0.25, 0.3) is 0 Å². The number of hydrogen-bond donors (Lipinski definition) is 10. The fourth-order valence-electron chi connectivity index (χ4n) is 15.1. The Balaban J connectivity index is 1.15. The van der Waals surface area contributed by atoms with E-state index < -0.39 is 134 Å². The first-order chi connectivity index (χ1) is 30.6. The second-order valence-corrected chi connectivity index (χ2v) is 21.6. The zero-order chi connectivity index (χ0) is 47.8. The predicted octanol–water partition coefficient (Wildman–Crippen LogP) is 0.206. The van der Waals surface area contributed by atoms with Gasteiger partial charge < -0.3 is 79.5 Å². The summed E-state index contributed by atoms with van der Waals surface area (Å²) in [6.07, 6.45) is -12.7. The summed E-state index contributed by atoms with van der Waals surface area (Å²) in [6, 6.07) is 0. The Hall–Kier alpha value is -1.88. The maximum absolute atomic E-state index is 13.1. The van der Waals surface area contributed by atoms with E-state index in [-0.39, 0.29) is 41.1 Å². The van der Waals surface area contributed by atoms with Gasteiger partial charge in [-0.15, -0.1) is 0 Å². The lowest BCUT2D eigenvalue weighted by atomic mass is 9.31. The molecular weight excluding hydrogens is 852 g/mol. The molecule has 18 heteroatoms. The minimum Gasteiger partial charge on any atom is -0.458 e. The van der Waals surface area contributed by atoms with Crippen LogP contribution < -0.4 is 0 Å². The van der Waals surface area contributed by atoms with Crippen molar-refractivity contribution >= 4 is 11.9 Å². The van der Waals surface area contributed by atoms with Crippen LogP contribution in [0.25, 0.3) is 0 Å². The van der Waals surface area contributed by atoms with Crippen LogP contribution >= 0.6 is 0 Å². The standard InChI is InChI=1S/C47H76O18/c1-8-22(2)40(59)61-26-11-9-25-24-10-12-30-43(4)15-14-32(64-42-38(36(57)34(55)28(19-49)63-42)65-41-37(58)35(56)33(54)27(18-48)62-41)44(5,20-50)29(43)13-16-45(30,6)46(24,7)17-31(53)47(25,21-51)39(26)60-23(3)52/h8,24-39,41-42,48-51,53-58H,9-21H2,1-7H3/b22-8+/t24?,25?,26-,27-,28-,29?,30?,31+,32+,33-,34-,35+,36+,37-,38-,39+,41+,42+,43+,44+,45-,46+,47+/m1/s1. The Morgan fingerprint density at radius 1 is 0.662 bits per heavy atom. The number of carbonyl (C=O) groups excluding carboxylic acids is 2. The van der Waals surface area contributed by atoms with Gasteiger partial charge in [0.05, 0.1) is 44.1 Å². The number of hydrogen-bond acceptors (Lipinski definition) is 18. The smallest absolute Gasteiger partial charge is 0.333 e. The molecule has 0 spiro atoms. The number of ether oxygens (including phenoxy) is 6. The van der Waals surface area contributed by atoms with E-state index in [2.05, 4.69) is 20.8 Å². The Morgan fingerprint density at radius 3 is 1.89 bits per heavy atom. The predicted molar refractivity (Wildman–Crippen MR) is 227 cm³/mol. The van der Waals surface area contributed by atoms with Gasteiger partial charge in [-0.05, 0) is 112 Å². The number of esters is 2. The van der Waals surface area contributed by atoms with Crippen molar-refractivity contribution in [2.45, 2.75) is 192 Å². The van der Waals surface area contributed by atoms with Gasteiger partial charge in [0.1, 0.15) is 61.0 Å². The molecule has 10 N–H and O–H groups in total. The van der Waals surface area contributed by atoms with Gasteiger partial charge in [0, 0.05) is 17.9 Å². The number of carbonyl (C=O) groups is 2. The molecule has 2 heterocycles. The summed E-state index contributed by atoms with van der Waals surface area (Å²) in [5, 5.41) is 109. The lowest BCUT2D eigenvalue weighted by molar-refractivity contribution is -0.380. The molecule has 7 fully saturated rings. The summed E-state index contributed by atoms with van der Waals surface area (Å²) < 4.78 is 36.2. The van der Waals surface area contributed by atoms with Crippen LogP contribution in [-0.2, 0) is 38.0 Å². The zero-order valence-electron chi connectivity index (χ0n) is 38.9. The first kappa shape index (κ1) is 51.0. The highest BCUT2D eigenvalue weighted by Crippen LogP contribution is 2.76. The molecule has 372 valence electrons. The van der Waals surface area contributed by atoms with Crippen LogP contribution in [0.3, 0.4) is 0 Å². The van der Waals surface area contributed by atoms with Crippen molar-refractivity contribution in [2.24, 2.45) is 50.7 Å². The quantitative estimate of drug-likeness (QED) is 0.0753. The van der Waals surface area contributed by atoms with Gasteiger partial charge in [-0.2, -0.15) is 0 Å². The second-order valence-electron chi connectivity index (χ2n) is 21.6. The Morgan fingerprint density at radius 2 is 1.29 bits per heavy atom. The summed E-state index contributed by atoms with van der Waals surface area (Å²) in [5.74, 6) is -1.31. The van der Waals surface area contributed by atoms with E-state index in [9.17, 15) is 60.7 Å². The number of aliphatic hydroxyl groups excluding tert-OH is 10. The van der Waals surface area contributed by atoms with Crippen molar-refractivity contribution in [1.82, 2.24) is 0 Å². The van der Waals surface area contributed by atoms with Gasteiger partial charge >= 0.3 is 11.9 Å². The summed E-state index contributed by atoms with van der Waals surface area (Å²) in [5.41, 5.74) is -2.84. The van der Waals surface area contributed by atoms with Gasteiger partial charge in [-0.3, -0.25) is 4.79 Å². The lowest BCUT2D eigenvalue weighted by Crippen LogP contribution is -2.73. The van der Waals surface area contributed by atoms with Crippen LogP contribution in [0.4, 0.5) is 0 Å². The molecule has 0 radical (unpaired) electrons. The van der Waals surface area contributed by atoms with E-state index in [0.29, 0.717) is 44.1 Å². The molecule has 5 aliphatic carbocycles. The average Bonchev–Trinajstić information content (AvgIpc) is 3.27. The van der Waals surface area contributed by atoms with Crippen molar-refractivity contribution in [3.8, 4) is 0 Å². The molecule has 2 saturated heterocycles. The van der Waals surface area contributed by atoms with Crippen molar-refractivity contribution in [3.63, 3.8) is 0 Å². The highest BCUT2D eigenvalue weighted by atomic mass is 16.8. The Bertz CT molecular complexity index is 1750. The third-order valence-electron chi connectivity index (χ3n) is 18.9. The Labute approximate surface area is 381 Å². The normalized spacial score (nSPS) is 52.3. The summed E-state index contributed by atoms with van der Waals surface area (Å²) in [7, 11) is 0. The van der Waals surface area contributed by atoms with Gasteiger partial charge in [0.15, 0.2) is 12.6 Å². The average molecular weight is 929 g/mol. The molecule has 7 rings (SSSR count). The van der Waals surface area contributed by atoms with E-state index in [4.69, 9.17) is 28.4 Å². The fourth-order valence-corrected chi connectivity index (χ4v) is 15.1. The topological polar surface area (TPSA) is 292 Å². The molecule has 23 atom stereocenters. The van der Waals surface area contributed by atoms with Crippen molar-refractivity contribution in [1.29, 1.82) is 0 Å². The molecule has 18 nitrogen and oxygen atoms in total. The summed E-state index contributed by atoms with van der Waals surface area (Å²) in [6.45, 7) is 11.4. The zero-order valence-corrected chi connectivity index (χ0v) is 38.9. The van der Waals surface area contributed by atoms with Gasteiger partial charge in [-0.25, -0.2) is 4.79 Å². The van der Waals surface area contributed by atoms with Crippen LogP contribution in [0.2, 0.25) is 0 Å². The van der Waals surface area contributed by atoms with Gasteiger partial charge in [-0.1, -0.05) is 33.8 Å². The minimum absolute atomic E-state index is 0.0284. The van der Waals surface area contributed by atoms with E-state index in [1.165, 1.54) is 6.92 Å². The lowest BCUT2D eigenvalue weighted by Gasteiger charge is -2.74. The second kappa shape index (κ2) is 18.8. The van der Waals surface area contributed by atoms with Crippen LogP contribution in [0.1, 0.15) is 106 Å². The molecule has 2 aliphatic heterocycles. The highest BCUT2D eigenvalue weighted by molar-refractivity contribution is 5.87. The molecule has 0 bridgehead atoms. The van der Waals surface area contributed by atoms with E-state index in [0.717, 1.165) is 19.3 Å². The third kappa shape index (κ3) is 7.94. The van der Waals surface area contributed by atoms with Crippen molar-refractivity contribution < 1.29 is 89.1 Å². The van der Waals surface area contributed by atoms with Crippen molar-refractivity contribution in [3.05, 3.63) is 11.6 Å². The number of aliphatic hydroxyl groups is 10. The van der Waals surface area contributed by atoms with Crippen LogP contribution in [0.15, 0.2) is 11.6 Å². The van der Waals surface area contributed by atoms with E-state index in [1.54, 1.807) is 19.9 Å². The van der Waals surface area contributed by atoms with Crippen LogP contribution in [0, 0.1) is 50.7 Å². The SMILES string of the molecule is C/C=C(\C)C(=O)O[C@@H]1CCC2C3CCC4[C@@]5(C)CC[C@H](O[C@@H]6O[C@H](CO)[C@@H](O)[C@H](O)[C@H]6O[C@@H]6O[C@H](CO)[C@@H](O)[C@H](O)[C@H]6O)[C@@](C)(CO)C5CC[C@@]4(C)[C@@]3(C)C[C@H](O)[C@@]2(CO)[C@H]1OC(C)=O. The van der Waals surface area contributed by atoms with Crippen LogP contribution in [0.5, 0.6) is 0 Å². The summed E-state index contributed by atoms with van der Waals surface area (Å²) in [4.78, 5) is 25.8. The third-order valence-corrected chi connectivity index (χ3v) is 18.9. The number of fused-ring (bicyclic) bond motifs is 7. The monoisotopic (exact) mass is 929 g/mol. The van der Waals surface area contributed by atoms with Gasteiger partial charge in [0.2, 0.25) is 0 Å².